The molecule has 0 aliphatic rings. The number of nitrogens with zero attached hydrogens (tertiary/aromatic N) is 3. The van der Waals surface area contributed by atoms with Gasteiger partial charge in [0, 0.05) is 12.6 Å². The second kappa shape index (κ2) is 6.26. The molecule has 5 nitrogen and oxygen atoms in total. The number of imidazole rings is 1. The number of aromatic nitrogens is 2. The van der Waals surface area contributed by atoms with Crippen molar-refractivity contribution in [3.8, 4) is 0 Å². The zero-order chi connectivity index (χ0) is 15.6. The van der Waals surface area contributed by atoms with Gasteiger partial charge in [0.25, 0.3) is 0 Å². The Morgan fingerprint density at radius 2 is 2.10 bits per heavy atom. The first-order valence-corrected chi connectivity index (χ1v) is 7.23. The van der Waals surface area contributed by atoms with Crippen LogP contribution >= 0.6 is 0 Å². The molecule has 1 N–H and O–H groups in total. The number of benzene rings is 1. The molecule has 0 aliphatic carbocycles. The molecule has 1 atom stereocenters. The Kier molecular flexibility index (Phi) is 4.63. The van der Waals surface area contributed by atoms with Gasteiger partial charge in [-0.05, 0) is 44.6 Å². The molecule has 2 aromatic rings. The highest BCUT2D eigenvalue weighted by atomic mass is 16.4. The van der Waals surface area contributed by atoms with Gasteiger partial charge >= 0.3 is 5.97 Å². The molecule has 0 aliphatic heterocycles. The van der Waals surface area contributed by atoms with E-state index in [2.05, 4.69) is 42.4 Å². The van der Waals surface area contributed by atoms with Crippen LogP contribution < -0.4 is 0 Å². The average Bonchev–Trinajstić information content (AvgIpc) is 2.79. The largest absolute Gasteiger partial charge is 0.478 e. The summed E-state index contributed by atoms with van der Waals surface area (Å²) >= 11 is 0. The lowest BCUT2D eigenvalue weighted by Crippen LogP contribution is -2.25. The van der Waals surface area contributed by atoms with Crippen molar-refractivity contribution in [2.24, 2.45) is 5.92 Å². The Hall–Kier alpha value is -1.88. The van der Waals surface area contributed by atoms with E-state index in [4.69, 9.17) is 5.11 Å². The van der Waals surface area contributed by atoms with E-state index in [0.717, 1.165) is 24.0 Å². The fraction of sp³-hybridized carbons (Fsp3) is 0.500. The number of hydrogen-bond acceptors (Lipinski definition) is 3. The number of aromatic carboxylic acids is 1. The fourth-order valence-corrected chi connectivity index (χ4v) is 2.69. The van der Waals surface area contributed by atoms with Crippen LogP contribution in [0.4, 0.5) is 0 Å². The van der Waals surface area contributed by atoms with Crippen molar-refractivity contribution in [2.45, 2.75) is 26.3 Å². The number of carboxylic acids is 1. The smallest absolute Gasteiger partial charge is 0.335 e. The number of hydrogen-bond donors (Lipinski definition) is 1. The Labute approximate surface area is 125 Å². The lowest BCUT2D eigenvalue weighted by Gasteiger charge is -2.24. The normalized spacial score (nSPS) is 13.2. The maximum Gasteiger partial charge on any atom is 0.335 e. The van der Waals surface area contributed by atoms with Crippen LogP contribution in [-0.2, 0) is 0 Å². The summed E-state index contributed by atoms with van der Waals surface area (Å²) in [6.07, 6.45) is 2.85. The van der Waals surface area contributed by atoms with Gasteiger partial charge in [-0.2, -0.15) is 0 Å². The minimum Gasteiger partial charge on any atom is -0.478 e. The van der Waals surface area contributed by atoms with Gasteiger partial charge in [-0.25, -0.2) is 9.78 Å². The van der Waals surface area contributed by atoms with Gasteiger partial charge in [-0.15, -0.1) is 0 Å². The monoisotopic (exact) mass is 289 g/mol. The Bertz CT molecular complexity index is 621. The molecule has 1 heterocycles. The van der Waals surface area contributed by atoms with E-state index < -0.39 is 5.97 Å². The van der Waals surface area contributed by atoms with Crippen molar-refractivity contribution >= 4 is 17.0 Å². The highest BCUT2D eigenvalue weighted by Gasteiger charge is 2.17. The maximum absolute atomic E-state index is 11.2. The predicted octanol–water partition coefficient (Wildman–Crippen LogP) is 2.88. The number of likely N-dealkylation sites (N-methyl/N-ethyl adjacent to an activating group) is 1. The van der Waals surface area contributed by atoms with Crippen LogP contribution in [0.3, 0.4) is 0 Å². The topological polar surface area (TPSA) is 58.4 Å². The van der Waals surface area contributed by atoms with Gasteiger partial charge in [-0.1, -0.05) is 13.8 Å². The molecule has 0 bridgehead atoms. The van der Waals surface area contributed by atoms with E-state index in [1.54, 1.807) is 18.2 Å². The molecule has 21 heavy (non-hydrogen) atoms. The maximum atomic E-state index is 11.2. The fourth-order valence-electron chi connectivity index (χ4n) is 2.69. The number of carbonyl (C=O) groups is 1. The van der Waals surface area contributed by atoms with Crippen molar-refractivity contribution in [3.63, 3.8) is 0 Å². The quantitative estimate of drug-likeness (QED) is 0.888. The molecule has 0 radical (unpaired) electrons. The highest BCUT2D eigenvalue weighted by Crippen LogP contribution is 2.24. The first-order valence-electron chi connectivity index (χ1n) is 7.23. The molecular formula is C16H23N3O2. The molecule has 1 unspecified atom stereocenters. The summed E-state index contributed by atoms with van der Waals surface area (Å²) in [4.78, 5) is 17.7. The van der Waals surface area contributed by atoms with Crippen LogP contribution in [0.15, 0.2) is 24.5 Å². The molecule has 0 fully saturated rings. The molecule has 0 saturated carbocycles. The summed E-state index contributed by atoms with van der Waals surface area (Å²) in [6, 6.07) is 5.38. The Morgan fingerprint density at radius 1 is 1.38 bits per heavy atom. The standard InChI is InChI=1S/C16H23N3O2/c1-11(2)7-13(9-18(3)4)19-10-17-14-6-5-12(16(20)21)8-15(14)19/h5-6,8,10-11,13H,7,9H2,1-4H3,(H,20,21). The average molecular weight is 289 g/mol. The van der Waals surface area contributed by atoms with E-state index >= 15 is 0 Å². The molecule has 1 aromatic carbocycles. The first kappa shape index (κ1) is 15.5. The summed E-state index contributed by atoms with van der Waals surface area (Å²) in [5.41, 5.74) is 2.03. The number of rotatable bonds is 6. The van der Waals surface area contributed by atoms with Crippen LogP contribution in [-0.4, -0.2) is 46.2 Å². The molecule has 2 rings (SSSR count). The third-order valence-corrected chi connectivity index (χ3v) is 3.53. The van der Waals surface area contributed by atoms with Crippen molar-refractivity contribution in [3.05, 3.63) is 30.1 Å². The van der Waals surface area contributed by atoms with Gasteiger partial charge in [0.1, 0.15) is 0 Å². The van der Waals surface area contributed by atoms with Gasteiger partial charge in [0.2, 0.25) is 0 Å². The van der Waals surface area contributed by atoms with Gasteiger partial charge < -0.3 is 14.6 Å². The molecule has 0 saturated heterocycles. The molecule has 5 heteroatoms. The lowest BCUT2D eigenvalue weighted by atomic mass is 10.0. The summed E-state index contributed by atoms with van der Waals surface area (Å²) in [5, 5.41) is 9.16. The van der Waals surface area contributed by atoms with Gasteiger partial charge in [0.15, 0.2) is 0 Å². The predicted molar refractivity (Wildman–Crippen MR) is 83.7 cm³/mol. The third kappa shape index (κ3) is 3.61. The van der Waals surface area contributed by atoms with Crippen LogP contribution in [0.2, 0.25) is 0 Å². The Balaban J connectivity index is 2.45. The highest BCUT2D eigenvalue weighted by molar-refractivity contribution is 5.92. The van der Waals surface area contributed by atoms with Crippen LogP contribution in [0.25, 0.3) is 11.0 Å². The van der Waals surface area contributed by atoms with Crippen molar-refractivity contribution in [1.29, 1.82) is 0 Å². The van der Waals surface area contributed by atoms with Crippen molar-refractivity contribution in [2.75, 3.05) is 20.6 Å². The third-order valence-electron chi connectivity index (χ3n) is 3.53. The first-order chi connectivity index (χ1) is 9.88. The summed E-state index contributed by atoms with van der Waals surface area (Å²) < 4.78 is 2.11. The molecule has 0 amide bonds. The Morgan fingerprint density at radius 3 is 2.67 bits per heavy atom. The van der Waals surface area contributed by atoms with Gasteiger partial charge in [-0.3, -0.25) is 0 Å². The summed E-state index contributed by atoms with van der Waals surface area (Å²) in [7, 11) is 4.10. The van der Waals surface area contributed by atoms with E-state index in [0.29, 0.717) is 11.5 Å². The van der Waals surface area contributed by atoms with Crippen LogP contribution in [0, 0.1) is 5.92 Å². The van der Waals surface area contributed by atoms with E-state index in [-0.39, 0.29) is 6.04 Å². The zero-order valence-corrected chi connectivity index (χ0v) is 13.1. The minimum absolute atomic E-state index is 0.286. The van der Waals surface area contributed by atoms with Crippen molar-refractivity contribution < 1.29 is 9.90 Å². The SMILES string of the molecule is CC(C)CC(CN(C)C)n1cnc2ccc(C(=O)O)cc21. The lowest BCUT2D eigenvalue weighted by molar-refractivity contribution is 0.0697. The molecular weight excluding hydrogens is 266 g/mol. The summed E-state index contributed by atoms with van der Waals surface area (Å²) in [5.74, 6) is -0.340. The summed E-state index contributed by atoms with van der Waals surface area (Å²) in [6.45, 7) is 5.30. The zero-order valence-electron chi connectivity index (χ0n) is 13.1. The van der Waals surface area contributed by atoms with Crippen LogP contribution in [0.1, 0.15) is 36.7 Å². The van der Waals surface area contributed by atoms with Gasteiger partial charge in [0.05, 0.1) is 22.9 Å². The second-order valence-electron chi connectivity index (χ2n) is 6.21. The molecule has 1 aromatic heterocycles. The van der Waals surface area contributed by atoms with E-state index in [9.17, 15) is 4.79 Å². The molecule has 0 spiro atoms. The van der Waals surface area contributed by atoms with E-state index in [1.165, 1.54) is 0 Å². The number of fused-ring (bicyclic) bond motifs is 1. The molecule has 114 valence electrons. The van der Waals surface area contributed by atoms with E-state index in [1.807, 2.05) is 6.33 Å². The second-order valence-corrected chi connectivity index (χ2v) is 6.21. The van der Waals surface area contributed by atoms with Crippen LogP contribution in [0.5, 0.6) is 0 Å². The minimum atomic E-state index is -0.905. The number of carboxylic acid groups (broad SMARTS) is 1. The van der Waals surface area contributed by atoms with Crippen molar-refractivity contribution in [1.82, 2.24) is 14.5 Å².